The number of fused-ring (bicyclic) bond motifs is 3. The Balaban J connectivity index is 1.76. The van der Waals surface area contributed by atoms with Gasteiger partial charge < -0.3 is 10.6 Å². The molecule has 0 fully saturated rings. The number of pyridine rings is 1. The molecule has 0 unspecified atom stereocenters. The van der Waals surface area contributed by atoms with Gasteiger partial charge in [-0.15, -0.1) is 11.3 Å². The second kappa shape index (κ2) is 5.86. The Morgan fingerprint density at radius 3 is 2.83 bits per heavy atom. The molecular formula is C17H13N5OS. The van der Waals surface area contributed by atoms with E-state index in [1.54, 1.807) is 23.9 Å². The van der Waals surface area contributed by atoms with E-state index in [2.05, 4.69) is 25.6 Å². The van der Waals surface area contributed by atoms with Crippen LogP contribution in [0.3, 0.4) is 0 Å². The maximum Gasteiger partial charge on any atom is 0.221 e. The predicted octanol–water partition coefficient (Wildman–Crippen LogP) is 3.94. The van der Waals surface area contributed by atoms with E-state index in [0.29, 0.717) is 0 Å². The van der Waals surface area contributed by atoms with Gasteiger partial charge in [-0.05, 0) is 30.3 Å². The Kier molecular flexibility index (Phi) is 3.55. The van der Waals surface area contributed by atoms with Crippen LogP contribution in [0, 0.1) is 0 Å². The van der Waals surface area contributed by atoms with Crippen molar-refractivity contribution in [3.8, 4) is 0 Å². The molecule has 118 valence electrons. The molecule has 1 aromatic carbocycles. The molecular weight excluding hydrogens is 322 g/mol. The number of thiophene rings is 1. The number of amides is 1. The van der Waals surface area contributed by atoms with Crippen LogP contribution in [0.15, 0.2) is 48.9 Å². The van der Waals surface area contributed by atoms with Gasteiger partial charge >= 0.3 is 0 Å². The minimum atomic E-state index is -0.104. The predicted molar refractivity (Wildman–Crippen MR) is 96.7 cm³/mol. The topological polar surface area (TPSA) is 79.8 Å². The highest BCUT2D eigenvalue weighted by atomic mass is 32.1. The van der Waals surface area contributed by atoms with Gasteiger partial charge in [0.05, 0.1) is 10.2 Å². The summed E-state index contributed by atoms with van der Waals surface area (Å²) in [5, 5.41) is 7.10. The summed E-state index contributed by atoms with van der Waals surface area (Å²) < 4.78 is 0.955. The molecule has 4 aromatic rings. The van der Waals surface area contributed by atoms with Crippen molar-refractivity contribution in [2.45, 2.75) is 6.92 Å². The Labute approximate surface area is 141 Å². The lowest BCUT2D eigenvalue weighted by Gasteiger charge is -2.08. The summed E-state index contributed by atoms with van der Waals surface area (Å²) in [7, 11) is 0. The smallest absolute Gasteiger partial charge is 0.221 e. The van der Waals surface area contributed by atoms with Crippen molar-refractivity contribution in [1.82, 2.24) is 15.0 Å². The van der Waals surface area contributed by atoms with Gasteiger partial charge in [0.2, 0.25) is 5.91 Å². The molecule has 0 radical (unpaired) electrons. The minimum Gasteiger partial charge on any atom is -0.339 e. The molecule has 0 saturated heterocycles. The maximum absolute atomic E-state index is 11.2. The Hall–Kier alpha value is -3.06. The van der Waals surface area contributed by atoms with Crippen LogP contribution in [0.2, 0.25) is 0 Å². The number of rotatable bonds is 3. The molecule has 0 aliphatic carbocycles. The van der Waals surface area contributed by atoms with Crippen molar-refractivity contribution in [3.05, 3.63) is 48.9 Å². The summed E-state index contributed by atoms with van der Waals surface area (Å²) in [4.78, 5) is 25.3. The molecule has 0 spiro atoms. The monoisotopic (exact) mass is 335 g/mol. The normalized spacial score (nSPS) is 10.9. The van der Waals surface area contributed by atoms with E-state index in [1.807, 2.05) is 36.4 Å². The number of hydrogen-bond acceptors (Lipinski definition) is 6. The lowest BCUT2D eigenvalue weighted by Crippen LogP contribution is -2.05. The van der Waals surface area contributed by atoms with Gasteiger partial charge in [-0.1, -0.05) is 6.07 Å². The summed E-state index contributed by atoms with van der Waals surface area (Å²) in [5.41, 5.74) is 2.46. The average molecular weight is 335 g/mol. The third-order valence-corrected chi connectivity index (χ3v) is 4.58. The molecule has 0 aliphatic rings. The summed E-state index contributed by atoms with van der Waals surface area (Å²) in [5.74, 6) is 0.620. The van der Waals surface area contributed by atoms with E-state index in [-0.39, 0.29) is 5.91 Å². The second-order valence-corrected chi connectivity index (χ2v) is 6.24. The van der Waals surface area contributed by atoms with E-state index in [4.69, 9.17) is 0 Å². The van der Waals surface area contributed by atoms with Crippen LogP contribution in [0.1, 0.15) is 6.92 Å². The number of nitrogens with zero attached hydrogens (tertiary/aromatic N) is 3. The highest BCUT2D eigenvalue weighted by molar-refractivity contribution is 7.25. The third-order valence-electron chi connectivity index (χ3n) is 3.47. The van der Waals surface area contributed by atoms with Crippen molar-refractivity contribution in [2.75, 3.05) is 10.6 Å². The van der Waals surface area contributed by atoms with Gasteiger partial charge in [0, 0.05) is 29.9 Å². The first-order valence-electron chi connectivity index (χ1n) is 7.33. The zero-order valence-electron chi connectivity index (χ0n) is 12.8. The van der Waals surface area contributed by atoms with Crippen molar-refractivity contribution >= 4 is 54.9 Å². The maximum atomic E-state index is 11.2. The highest BCUT2D eigenvalue weighted by Gasteiger charge is 2.12. The first-order valence-corrected chi connectivity index (χ1v) is 8.15. The van der Waals surface area contributed by atoms with E-state index >= 15 is 0 Å². The Bertz CT molecular complexity index is 1060. The molecule has 4 rings (SSSR count). The van der Waals surface area contributed by atoms with Crippen molar-refractivity contribution in [2.24, 2.45) is 0 Å². The number of carbonyl (C=O) groups excluding carboxylic acids is 1. The van der Waals surface area contributed by atoms with E-state index < -0.39 is 0 Å². The van der Waals surface area contributed by atoms with Gasteiger partial charge in [0.25, 0.3) is 0 Å². The number of benzene rings is 1. The fourth-order valence-corrected chi connectivity index (χ4v) is 3.56. The van der Waals surface area contributed by atoms with Gasteiger partial charge in [-0.3, -0.25) is 4.79 Å². The van der Waals surface area contributed by atoms with E-state index in [9.17, 15) is 4.79 Å². The molecule has 7 heteroatoms. The zero-order valence-corrected chi connectivity index (χ0v) is 13.6. The van der Waals surface area contributed by atoms with Crippen LogP contribution in [0.5, 0.6) is 0 Å². The number of anilines is 3. The number of nitrogens with one attached hydrogen (secondary N) is 2. The summed E-state index contributed by atoms with van der Waals surface area (Å²) in [6.07, 6.45) is 3.32. The summed E-state index contributed by atoms with van der Waals surface area (Å²) in [6.45, 7) is 1.48. The molecule has 24 heavy (non-hydrogen) atoms. The van der Waals surface area contributed by atoms with Crippen molar-refractivity contribution in [1.29, 1.82) is 0 Å². The van der Waals surface area contributed by atoms with Crippen LogP contribution in [0.4, 0.5) is 17.2 Å². The summed E-state index contributed by atoms with van der Waals surface area (Å²) >= 11 is 1.55. The van der Waals surface area contributed by atoms with Crippen LogP contribution in [-0.4, -0.2) is 20.9 Å². The molecule has 0 atom stereocenters. The van der Waals surface area contributed by atoms with Gasteiger partial charge in [0.15, 0.2) is 5.82 Å². The molecule has 1 amide bonds. The quantitative estimate of drug-likeness (QED) is 0.593. The summed E-state index contributed by atoms with van der Waals surface area (Å²) in [6, 6.07) is 11.4. The largest absolute Gasteiger partial charge is 0.339 e. The Morgan fingerprint density at radius 2 is 1.96 bits per heavy atom. The SMILES string of the molecule is CC(=O)Nc1cccc(Nc2ncnc3c2sc2ncccc23)c1. The van der Waals surface area contributed by atoms with Crippen LogP contribution < -0.4 is 10.6 Å². The van der Waals surface area contributed by atoms with Crippen molar-refractivity contribution in [3.63, 3.8) is 0 Å². The number of carbonyl (C=O) groups is 1. The van der Waals surface area contributed by atoms with Crippen LogP contribution in [-0.2, 0) is 4.79 Å². The lowest BCUT2D eigenvalue weighted by atomic mass is 10.2. The molecule has 2 N–H and O–H groups in total. The lowest BCUT2D eigenvalue weighted by molar-refractivity contribution is -0.114. The molecule has 6 nitrogen and oxygen atoms in total. The number of hydrogen-bond donors (Lipinski definition) is 2. The molecule has 3 aromatic heterocycles. The number of aromatic nitrogens is 3. The third kappa shape index (κ3) is 2.65. The van der Waals surface area contributed by atoms with Gasteiger partial charge in [-0.25, -0.2) is 15.0 Å². The van der Waals surface area contributed by atoms with Crippen LogP contribution >= 0.6 is 11.3 Å². The average Bonchev–Trinajstić information content (AvgIpc) is 2.95. The van der Waals surface area contributed by atoms with E-state index in [0.717, 1.165) is 37.6 Å². The van der Waals surface area contributed by atoms with Gasteiger partial charge in [0.1, 0.15) is 11.2 Å². The molecule has 0 saturated carbocycles. The van der Waals surface area contributed by atoms with Crippen LogP contribution in [0.25, 0.3) is 20.4 Å². The molecule has 0 aliphatic heterocycles. The highest BCUT2D eigenvalue weighted by Crippen LogP contribution is 2.35. The fraction of sp³-hybridized carbons (Fsp3) is 0.0588. The minimum absolute atomic E-state index is 0.104. The van der Waals surface area contributed by atoms with Gasteiger partial charge in [-0.2, -0.15) is 0 Å². The second-order valence-electron chi connectivity index (χ2n) is 5.25. The standard InChI is InChI=1S/C17H13N5OS/c1-10(23)21-11-4-2-5-12(8-11)22-16-15-14(19-9-20-16)13-6-3-7-18-17(13)24-15/h2-9H,1H3,(H,21,23)(H,19,20,22). The Morgan fingerprint density at radius 1 is 1.08 bits per heavy atom. The fourth-order valence-electron chi connectivity index (χ4n) is 2.52. The van der Waals surface area contributed by atoms with E-state index in [1.165, 1.54) is 6.92 Å². The first kappa shape index (κ1) is 14.5. The first-order chi connectivity index (χ1) is 11.7. The zero-order chi connectivity index (χ0) is 16.5. The molecule has 3 heterocycles. The van der Waals surface area contributed by atoms with Crippen molar-refractivity contribution < 1.29 is 4.79 Å². The molecule has 0 bridgehead atoms.